The van der Waals surface area contributed by atoms with Gasteiger partial charge in [-0.25, -0.2) is 0 Å². The molecule has 1 heterocycles. The van der Waals surface area contributed by atoms with Crippen LogP contribution in [0.25, 0.3) is 0 Å². The van der Waals surface area contributed by atoms with Gasteiger partial charge in [0.05, 0.1) is 19.3 Å². The number of quaternary nitrogens is 1. The molecular formula is C8H18NO2+. The van der Waals surface area contributed by atoms with Gasteiger partial charge in [0, 0.05) is 6.61 Å². The molecule has 1 aliphatic heterocycles. The van der Waals surface area contributed by atoms with Gasteiger partial charge in [-0.3, -0.25) is 0 Å². The van der Waals surface area contributed by atoms with E-state index in [0.717, 1.165) is 26.2 Å². The molecule has 0 amide bonds. The van der Waals surface area contributed by atoms with Crippen LogP contribution in [0.4, 0.5) is 0 Å². The maximum atomic E-state index is 5.39. The van der Waals surface area contributed by atoms with E-state index < -0.39 is 0 Å². The Bertz CT molecular complexity index is 100. The minimum Gasteiger partial charge on any atom is -0.376 e. The lowest BCUT2D eigenvalue weighted by Crippen LogP contribution is -2.61. The summed E-state index contributed by atoms with van der Waals surface area (Å²) in [7, 11) is 0. The standard InChI is InChI=1S/C8H17NO2/c1-7(9)5-10-6-8-3-2-4-11-8/h7-8H,2-6,9H2,1H3/p+1/t7-,8-/m1/s1. The highest BCUT2D eigenvalue weighted by Crippen LogP contribution is 2.11. The first-order valence-electron chi connectivity index (χ1n) is 4.31. The molecule has 0 aromatic rings. The summed E-state index contributed by atoms with van der Waals surface area (Å²) in [5.41, 5.74) is 3.84. The predicted molar refractivity (Wildman–Crippen MR) is 42.1 cm³/mol. The van der Waals surface area contributed by atoms with E-state index in [1.54, 1.807) is 0 Å². The quantitative estimate of drug-likeness (QED) is 0.619. The molecule has 11 heavy (non-hydrogen) atoms. The zero-order chi connectivity index (χ0) is 8.10. The number of rotatable bonds is 4. The number of hydrogen-bond acceptors (Lipinski definition) is 2. The zero-order valence-electron chi connectivity index (χ0n) is 7.21. The third-order valence-electron chi connectivity index (χ3n) is 1.73. The van der Waals surface area contributed by atoms with Gasteiger partial charge in [0.2, 0.25) is 0 Å². The molecule has 1 rings (SSSR count). The van der Waals surface area contributed by atoms with E-state index in [4.69, 9.17) is 9.47 Å². The molecule has 1 saturated heterocycles. The highest BCUT2D eigenvalue weighted by atomic mass is 16.5. The molecule has 0 aromatic heterocycles. The molecule has 2 atom stereocenters. The first kappa shape index (κ1) is 8.97. The molecule has 0 aromatic carbocycles. The van der Waals surface area contributed by atoms with Gasteiger partial charge in [-0.05, 0) is 19.8 Å². The van der Waals surface area contributed by atoms with Crippen molar-refractivity contribution in [3.8, 4) is 0 Å². The summed E-state index contributed by atoms with van der Waals surface area (Å²) >= 11 is 0. The van der Waals surface area contributed by atoms with Crippen LogP contribution in [0.3, 0.4) is 0 Å². The van der Waals surface area contributed by atoms with E-state index in [9.17, 15) is 0 Å². The second kappa shape index (κ2) is 4.70. The molecule has 3 heteroatoms. The van der Waals surface area contributed by atoms with Crippen LogP contribution in [0, 0.1) is 0 Å². The molecule has 3 nitrogen and oxygen atoms in total. The van der Waals surface area contributed by atoms with Crippen LogP contribution in [-0.2, 0) is 9.47 Å². The van der Waals surface area contributed by atoms with E-state index in [1.165, 1.54) is 6.42 Å². The molecule has 0 saturated carbocycles. The largest absolute Gasteiger partial charge is 0.376 e. The van der Waals surface area contributed by atoms with Gasteiger partial charge < -0.3 is 15.2 Å². The molecule has 66 valence electrons. The maximum absolute atomic E-state index is 5.39. The summed E-state index contributed by atoms with van der Waals surface area (Å²) in [6.07, 6.45) is 2.70. The fourth-order valence-electron chi connectivity index (χ4n) is 1.18. The van der Waals surface area contributed by atoms with Crippen LogP contribution in [-0.4, -0.2) is 32.0 Å². The Kier molecular flexibility index (Phi) is 3.83. The van der Waals surface area contributed by atoms with Crippen LogP contribution in [0.2, 0.25) is 0 Å². The van der Waals surface area contributed by atoms with Crippen molar-refractivity contribution >= 4 is 0 Å². The van der Waals surface area contributed by atoms with E-state index in [-0.39, 0.29) is 0 Å². The molecule has 0 aliphatic carbocycles. The van der Waals surface area contributed by atoms with Crippen molar-refractivity contribution in [1.29, 1.82) is 0 Å². The summed E-state index contributed by atoms with van der Waals surface area (Å²) in [5.74, 6) is 0. The monoisotopic (exact) mass is 160 g/mol. The fraction of sp³-hybridized carbons (Fsp3) is 1.00. The van der Waals surface area contributed by atoms with Gasteiger partial charge in [0.15, 0.2) is 0 Å². The van der Waals surface area contributed by atoms with Crippen molar-refractivity contribution in [3.05, 3.63) is 0 Å². The minimum atomic E-state index is 0.355. The molecule has 0 bridgehead atoms. The SMILES string of the molecule is C[C@@H]([NH3+])COC[C@H]1CCCO1. The lowest BCUT2D eigenvalue weighted by atomic mass is 10.2. The first-order valence-corrected chi connectivity index (χ1v) is 4.31. The van der Waals surface area contributed by atoms with Gasteiger partial charge >= 0.3 is 0 Å². The van der Waals surface area contributed by atoms with Crippen molar-refractivity contribution in [2.45, 2.75) is 31.9 Å². The Morgan fingerprint density at radius 3 is 3.09 bits per heavy atom. The van der Waals surface area contributed by atoms with Crippen molar-refractivity contribution in [1.82, 2.24) is 0 Å². The lowest BCUT2D eigenvalue weighted by molar-refractivity contribution is -0.421. The number of hydrogen-bond donors (Lipinski definition) is 1. The average Bonchev–Trinajstić information content (AvgIpc) is 2.39. The molecule has 0 spiro atoms. The summed E-state index contributed by atoms with van der Waals surface area (Å²) in [6, 6.07) is 0.386. The summed E-state index contributed by atoms with van der Waals surface area (Å²) in [4.78, 5) is 0. The van der Waals surface area contributed by atoms with E-state index in [0.29, 0.717) is 12.1 Å². The van der Waals surface area contributed by atoms with Crippen LogP contribution < -0.4 is 5.73 Å². The van der Waals surface area contributed by atoms with Crippen LogP contribution in [0.15, 0.2) is 0 Å². The normalized spacial score (nSPS) is 27.3. The highest BCUT2D eigenvalue weighted by Gasteiger charge is 2.15. The Balaban J connectivity index is 1.94. The molecule has 1 fully saturated rings. The summed E-state index contributed by atoms with van der Waals surface area (Å²) < 4.78 is 10.8. The fourth-order valence-corrected chi connectivity index (χ4v) is 1.18. The zero-order valence-corrected chi connectivity index (χ0v) is 7.21. The van der Waals surface area contributed by atoms with Crippen molar-refractivity contribution in [3.63, 3.8) is 0 Å². The second-order valence-electron chi connectivity index (χ2n) is 3.28. The van der Waals surface area contributed by atoms with Crippen molar-refractivity contribution in [2.24, 2.45) is 0 Å². The Labute approximate surface area is 67.9 Å². The molecular weight excluding hydrogens is 142 g/mol. The lowest BCUT2D eigenvalue weighted by Gasteiger charge is -2.09. The van der Waals surface area contributed by atoms with Gasteiger partial charge in [-0.1, -0.05) is 0 Å². The average molecular weight is 160 g/mol. The first-order chi connectivity index (χ1) is 5.29. The Hall–Kier alpha value is -0.120. The van der Waals surface area contributed by atoms with Crippen LogP contribution >= 0.6 is 0 Å². The smallest absolute Gasteiger partial charge is 0.105 e. The Morgan fingerprint density at radius 1 is 1.73 bits per heavy atom. The maximum Gasteiger partial charge on any atom is 0.105 e. The summed E-state index contributed by atoms with van der Waals surface area (Å²) in [5, 5.41) is 0. The molecule has 1 aliphatic rings. The molecule has 0 unspecified atom stereocenters. The third-order valence-corrected chi connectivity index (χ3v) is 1.73. The molecule has 0 radical (unpaired) electrons. The highest BCUT2D eigenvalue weighted by molar-refractivity contribution is 4.63. The molecule has 3 N–H and O–H groups in total. The van der Waals surface area contributed by atoms with Crippen molar-refractivity contribution in [2.75, 3.05) is 19.8 Å². The van der Waals surface area contributed by atoms with Gasteiger partial charge in [0.1, 0.15) is 6.04 Å². The van der Waals surface area contributed by atoms with E-state index in [2.05, 4.69) is 12.7 Å². The van der Waals surface area contributed by atoms with E-state index >= 15 is 0 Å². The summed E-state index contributed by atoms with van der Waals surface area (Å²) in [6.45, 7) is 4.46. The minimum absolute atomic E-state index is 0.355. The van der Waals surface area contributed by atoms with Crippen molar-refractivity contribution < 1.29 is 15.2 Å². The van der Waals surface area contributed by atoms with Gasteiger partial charge in [-0.2, -0.15) is 0 Å². The van der Waals surface area contributed by atoms with Crippen LogP contribution in [0.5, 0.6) is 0 Å². The number of ether oxygens (including phenoxy) is 2. The van der Waals surface area contributed by atoms with Gasteiger partial charge in [0.25, 0.3) is 0 Å². The Morgan fingerprint density at radius 2 is 2.55 bits per heavy atom. The topological polar surface area (TPSA) is 46.1 Å². The van der Waals surface area contributed by atoms with Crippen LogP contribution in [0.1, 0.15) is 19.8 Å². The second-order valence-corrected chi connectivity index (χ2v) is 3.28. The third kappa shape index (κ3) is 3.70. The van der Waals surface area contributed by atoms with Gasteiger partial charge in [-0.15, -0.1) is 0 Å². The predicted octanol–water partition coefficient (Wildman–Crippen LogP) is -0.188. The van der Waals surface area contributed by atoms with E-state index in [1.807, 2.05) is 0 Å².